The highest BCUT2D eigenvalue weighted by Gasteiger charge is 2.11. The van der Waals surface area contributed by atoms with Gasteiger partial charge in [-0.3, -0.25) is 4.79 Å². The molecule has 0 unspecified atom stereocenters. The molecule has 0 aromatic heterocycles. The van der Waals surface area contributed by atoms with Gasteiger partial charge in [0.25, 0.3) is 0 Å². The number of carboxylic acid groups (broad SMARTS) is 1. The van der Waals surface area contributed by atoms with E-state index in [1.807, 2.05) is 6.07 Å². The molecule has 0 saturated carbocycles. The summed E-state index contributed by atoms with van der Waals surface area (Å²) in [5.74, 6) is -0.966. The van der Waals surface area contributed by atoms with Crippen molar-refractivity contribution in [3.8, 4) is 6.07 Å². The lowest BCUT2D eigenvalue weighted by Crippen LogP contribution is -2.05. The molecule has 1 aromatic carbocycles. The Balaban J connectivity index is 3.26. The second-order valence-electron chi connectivity index (χ2n) is 3.28. The minimum absolute atomic E-state index is 0.150. The highest BCUT2D eigenvalue weighted by Crippen LogP contribution is 2.17. The Bertz CT molecular complexity index is 432. The van der Waals surface area contributed by atoms with E-state index in [0.717, 1.165) is 5.56 Å². The number of benzene rings is 1. The van der Waals surface area contributed by atoms with E-state index in [9.17, 15) is 4.79 Å². The van der Waals surface area contributed by atoms with Crippen LogP contribution in [-0.4, -0.2) is 16.2 Å². The van der Waals surface area contributed by atoms with Gasteiger partial charge >= 0.3 is 5.97 Å². The molecule has 1 rings (SSSR count). The van der Waals surface area contributed by atoms with Crippen LogP contribution in [0, 0.1) is 18.3 Å². The van der Waals surface area contributed by atoms with Crippen LogP contribution in [0.4, 0.5) is 0 Å². The SMILES string of the molecule is Cc1cc(CO)cc(C#N)c1CC(=O)O. The van der Waals surface area contributed by atoms with Gasteiger partial charge in [0.15, 0.2) is 0 Å². The summed E-state index contributed by atoms with van der Waals surface area (Å²) in [6.07, 6.45) is -0.166. The highest BCUT2D eigenvalue weighted by molar-refractivity contribution is 5.72. The molecule has 0 aliphatic carbocycles. The Morgan fingerprint density at radius 2 is 2.20 bits per heavy atom. The smallest absolute Gasteiger partial charge is 0.307 e. The van der Waals surface area contributed by atoms with E-state index in [0.29, 0.717) is 16.7 Å². The van der Waals surface area contributed by atoms with Gasteiger partial charge in [0.2, 0.25) is 0 Å². The quantitative estimate of drug-likeness (QED) is 0.770. The predicted octanol–water partition coefficient (Wildman–Crippen LogP) is 0.986. The van der Waals surface area contributed by atoms with Crippen molar-refractivity contribution in [1.29, 1.82) is 5.26 Å². The van der Waals surface area contributed by atoms with Gasteiger partial charge in [0.1, 0.15) is 0 Å². The molecule has 0 aliphatic rings. The van der Waals surface area contributed by atoms with Gasteiger partial charge in [-0.1, -0.05) is 6.07 Å². The summed E-state index contributed by atoms with van der Waals surface area (Å²) in [6.45, 7) is 1.58. The van der Waals surface area contributed by atoms with E-state index < -0.39 is 5.97 Å². The van der Waals surface area contributed by atoms with E-state index in [-0.39, 0.29) is 13.0 Å². The first kappa shape index (κ1) is 11.2. The Morgan fingerprint density at radius 3 is 2.67 bits per heavy atom. The van der Waals surface area contributed by atoms with Crippen molar-refractivity contribution in [1.82, 2.24) is 0 Å². The standard InChI is InChI=1S/C11H11NO3/c1-7-2-8(6-13)3-9(5-12)10(7)4-11(14)15/h2-3,13H,4,6H2,1H3,(H,14,15). The monoisotopic (exact) mass is 205 g/mol. The maximum Gasteiger partial charge on any atom is 0.307 e. The summed E-state index contributed by atoms with van der Waals surface area (Å²) < 4.78 is 0. The molecule has 0 atom stereocenters. The first-order chi connectivity index (χ1) is 7.08. The number of carboxylic acids is 1. The molecule has 0 heterocycles. The lowest BCUT2D eigenvalue weighted by Gasteiger charge is -2.07. The van der Waals surface area contributed by atoms with Crippen LogP contribution in [0.1, 0.15) is 22.3 Å². The van der Waals surface area contributed by atoms with Gasteiger partial charge in [0, 0.05) is 0 Å². The van der Waals surface area contributed by atoms with Gasteiger partial charge in [-0.25, -0.2) is 0 Å². The van der Waals surface area contributed by atoms with Crippen molar-refractivity contribution < 1.29 is 15.0 Å². The first-order valence-corrected chi connectivity index (χ1v) is 4.43. The van der Waals surface area contributed by atoms with Gasteiger partial charge in [-0.2, -0.15) is 5.26 Å². The first-order valence-electron chi connectivity index (χ1n) is 4.43. The Hall–Kier alpha value is -1.86. The van der Waals surface area contributed by atoms with E-state index >= 15 is 0 Å². The molecule has 4 heteroatoms. The van der Waals surface area contributed by atoms with Crippen molar-refractivity contribution in [2.45, 2.75) is 20.0 Å². The average Bonchev–Trinajstić information content (AvgIpc) is 2.20. The van der Waals surface area contributed by atoms with E-state index in [1.165, 1.54) is 6.07 Å². The maximum absolute atomic E-state index is 10.6. The molecule has 0 saturated heterocycles. The zero-order chi connectivity index (χ0) is 11.4. The van der Waals surface area contributed by atoms with Crippen molar-refractivity contribution in [2.75, 3.05) is 0 Å². The third kappa shape index (κ3) is 2.55. The third-order valence-electron chi connectivity index (χ3n) is 2.16. The molecule has 15 heavy (non-hydrogen) atoms. The zero-order valence-electron chi connectivity index (χ0n) is 8.32. The van der Waals surface area contributed by atoms with Crippen LogP contribution in [0.15, 0.2) is 12.1 Å². The molecule has 0 fully saturated rings. The number of aryl methyl sites for hydroxylation is 1. The molecule has 1 aromatic rings. The lowest BCUT2D eigenvalue weighted by atomic mass is 9.97. The molecule has 0 radical (unpaired) electrons. The van der Waals surface area contributed by atoms with Crippen molar-refractivity contribution in [2.24, 2.45) is 0 Å². The molecular formula is C11H11NO3. The predicted molar refractivity (Wildman–Crippen MR) is 53.2 cm³/mol. The number of nitrogens with zero attached hydrogens (tertiary/aromatic N) is 1. The van der Waals surface area contributed by atoms with Crippen LogP contribution in [0.5, 0.6) is 0 Å². The fourth-order valence-corrected chi connectivity index (χ4v) is 1.47. The topological polar surface area (TPSA) is 81.3 Å². The van der Waals surface area contributed by atoms with Crippen LogP contribution in [-0.2, 0) is 17.8 Å². The summed E-state index contributed by atoms with van der Waals surface area (Å²) in [7, 11) is 0. The minimum Gasteiger partial charge on any atom is -0.481 e. The lowest BCUT2D eigenvalue weighted by molar-refractivity contribution is -0.136. The van der Waals surface area contributed by atoms with Crippen molar-refractivity contribution in [3.63, 3.8) is 0 Å². The fourth-order valence-electron chi connectivity index (χ4n) is 1.47. The van der Waals surface area contributed by atoms with Crippen LogP contribution in [0.25, 0.3) is 0 Å². The molecule has 4 nitrogen and oxygen atoms in total. The van der Waals surface area contributed by atoms with Crippen molar-refractivity contribution in [3.05, 3.63) is 34.4 Å². The number of aliphatic hydroxyl groups is 1. The van der Waals surface area contributed by atoms with Gasteiger partial charge in [0.05, 0.1) is 24.7 Å². The molecule has 0 aliphatic heterocycles. The third-order valence-corrected chi connectivity index (χ3v) is 2.16. The van der Waals surface area contributed by atoms with Crippen molar-refractivity contribution >= 4 is 5.97 Å². The van der Waals surface area contributed by atoms with Gasteiger partial charge < -0.3 is 10.2 Å². The van der Waals surface area contributed by atoms with E-state index in [4.69, 9.17) is 15.5 Å². The number of aliphatic hydroxyl groups excluding tert-OH is 1. The summed E-state index contributed by atoms with van der Waals surface area (Å²) in [4.78, 5) is 10.6. The second-order valence-corrected chi connectivity index (χ2v) is 3.28. The van der Waals surface area contributed by atoms with Gasteiger partial charge in [-0.05, 0) is 29.7 Å². The number of carbonyl (C=O) groups is 1. The molecule has 0 bridgehead atoms. The number of hydrogen-bond acceptors (Lipinski definition) is 3. The number of hydrogen-bond donors (Lipinski definition) is 2. The van der Waals surface area contributed by atoms with E-state index in [2.05, 4.69) is 0 Å². The normalized spacial score (nSPS) is 9.67. The van der Waals surface area contributed by atoms with Crippen LogP contribution >= 0.6 is 0 Å². The number of rotatable bonds is 3. The zero-order valence-corrected chi connectivity index (χ0v) is 8.32. The average molecular weight is 205 g/mol. The van der Waals surface area contributed by atoms with Crippen LogP contribution < -0.4 is 0 Å². The largest absolute Gasteiger partial charge is 0.481 e. The Labute approximate surface area is 87.4 Å². The highest BCUT2D eigenvalue weighted by atomic mass is 16.4. The van der Waals surface area contributed by atoms with E-state index in [1.54, 1.807) is 13.0 Å². The maximum atomic E-state index is 10.6. The summed E-state index contributed by atoms with van der Waals surface area (Å²) >= 11 is 0. The minimum atomic E-state index is -0.966. The summed E-state index contributed by atoms with van der Waals surface area (Å²) in [5, 5.41) is 26.5. The molecule has 78 valence electrons. The molecule has 0 spiro atoms. The second kappa shape index (κ2) is 4.58. The molecular weight excluding hydrogens is 194 g/mol. The van der Waals surface area contributed by atoms with Crippen LogP contribution in [0.3, 0.4) is 0 Å². The number of nitriles is 1. The Kier molecular flexibility index (Phi) is 3.42. The Morgan fingerprint density at radius 1 is 1.53 bits per heavy atom. The fraction of sp³-hybridized carbons (Fsp3) is 0.273. The molecule has 0 amide bonds. The molecule has 2 N–H and O–H groups in total. The summed E-state index contributed by atoms with van der Waals surface area (Å²) in [5.41, 5.74) is 2.18. The van der Waals surface area contributed by atoms with Crippen LogP contribution in [0.2, 0.25) is 0 Å². The van der Waals surface area contributed by atoms with Gasteiger partial charge in [-0.15, -0.1) is 0 Å². The summed E-state index contributed by atoms with van der Waals surface area (Å²) in [6, 6.07) is 5.15. The number of aliphatic carboxylic acids is 1.